The van der Waals surface area contributed by atoms with Gasteiger partial charge < -0.3 is 0 Å². The number of rotatable bonds is 5. The molecule has 3 aromatic rings. The van der Waals surface area contributed by atoms with Gasteiger partial charge in [-0.1, -0.05) is 42.0 Å². The first-order valence-electron chi connectivity index (χ1n) is 7.10. The number of aryl methyl sites for hydroxylation is 1. The molecule has 0 aliphatic heterocycles. The summed E-state index contributed by atoms with van der Waals surface area (Å²) in [5.41, 5.74) is 2.88. The lowest BCUT2D eigenvalue weighted by molar-refractivity contribution is 0.581. The van der Waals surface area contributed by atoms with E-state index >= 15 is 0 Å². The van der Waals surface area contributed by atoms with Gasteiger partial charge in [0.05, 0.1) is 4.90 Å². The van der Waals surface area contributed by atoms with Crippen molar-refractivity contribution in [3.63, 3.8) is 0 Å². The molecule has 0 amide bonds. The topological polar surface area (TPSA) is 59.1 Å². The van der Waals surface area contributed by atoms with Gasteiger partial charge in [-0.15, -0.1) is 11.3 Å². The highest BCUT2D eigenvalue weighted by Gasteiger charge is 2.15. The number of hydrogen-bond acceptors (Lipinski definition) is 4. The summed E-state index contributed by atoms with van der Waals surface area (Å²) in [5, 5.41) is 2.79. The van der Waals surface area contributed by atoms with Crippen LogP contribution in [0.1, 0.15) is 11.1 Å². The van der Waals surface area contributed by atoms with Crippen LogP contribution in [0.4, 0.5) is 0 Å². The van der Waals surface area contributed by atoms with Crippen LogP contribution in [0.25, 0.3) is 10.6 Å². The Kier molecular flexibility index (Phi) is 4.56. The highest BCUT2D eigenvalue weighted by Crippen LogP contribution is 2.25. The van der Waals surface area contributed by atoms with E-state index in [9.17, 15) is 8.42 Å². The predicted octanol–water partition coefficient (Wildman–Crippen LogP) is 3.60. The summed E-state index contributed by atoms with van der Waals surface area (Å²) < 4.78 is 27.4. The Morgan fingerprint density at radius 3 is 2.52 bits per heavy atom. The fraction of sp³-hybridized carbons (Fsp3) is 0.118. The standard InChI is InChI=1S/C17H16N2O2S2/c1-13-6-8-15(9-7-13)23(20,21)19-12-14-4-2-3-5-16(14)17-18-10-11-22-17/h2-11,19H,12H2,1H3. The molecule has 0 fully saturated rings. The molecule has 0 aliphatic carbocycles. The van der Waals surface area contributed by atoms with E-state index in [0.29, 0.717) is 0 Å². The number of nitrogens with one attached hydrogen (secondary N) is 1. The van der Waals surface area contributed by atoms with E-state index in [-0.39, 0.29) is 11.4 Å². The van der Waals surface area contributed by atoms with Crippen LogP contribution in [-0.2, 0) is 16.6 Å². The summed E-state index contributed by atoms with van der Waals surface area (Å²) in [4.78, 5) is 4.57. The summed E-state index contributed by atoms with van der Waals surface area (Å²) in [6.45, 7) is 2.15. The maximum Gasteiger partial charge on any atom is 0.240 e. The molecule has 118 valence electrons. The third kappa shape index (κ3) is 3.67. The zero-order valence-corrected chi connectivity index (χ0v) is 14.2. The minimum atomic E-state index is -3.53. The molecule has 3 rings (SSSR count). The van der Waals surface area contributed by atoms with Crippen molar-refractivity contribution in [2.45, 2.75) is 18.4 Å². The molecule has 0 unspecified atom stereocenters. The molecular formula is C17H16N2O2S2. The summed E-state index contributed by atoms with van der Waals surface area (Å²) in [6, 6.07) is 14.5. The third-order valence-electron chi connectivity index (χ3n) is 3.46. The van der Waals surface area contributed by atoms with E-state index in [1.165, 1.54) is 11.3 Å². The lowest BCUT2D eigenvalue weighted by Crippen LogP contribution is -2.23. The van der Waals surface area contributed by atoms with Crippen LogP contribution < -0.4 is 4.72 Å². The van der Waals surface area contributed by atoms with Gasteiger partial charge in [-0.05, 0) is 24.6 Å². The van der Waals surface area contributed by atoms with Gasteiger partial charge >= 0.3 is 0 Å². The summed E-state index contributed by atoms with van der Waals surface area (Å²) in [6.07, 6.45) is 1.74. The van der Waals surface area contributed by atoms with Crippen LogP contribution in [-0.4, -0.2) is 13.4 Å². The molecule has 2 aromatic carbocycles. The van der Waals surface area contributed by atoms with Crippen molar-refractivity contribution >= 4 is 21.4 Å². The first kappa shape index (κ1) is 15.9. The first-order valence-corrected chi connectivity index (χ1v) is 9.47. The fourth-order valence-corrected chi connectivity index (χ4v) is 3.92. The number of nitrogens with zero attached hydrogens (tertiary/aromatic N) is 1. The number of sulfonamides is 1. The molecule has 0 atom stereocenters. The predicted molar refractivity (Wildman–Crippen MR) is 92.8 cm³/mol. The molecule has 0 spiro atoms. The van der Waals surface area contributed by atoms with Crippen molar-refractivity contribution in [3.05, 3.63) is 71.2 Å². The van der Waals surface area contributed by atoms with Crippen molar-refractivity contribution in [1.29, 1.82) is 0 Å². The number of thiazole rings is 1. The number of benzene rings is 2. The molecule has 0 radical (unpaired) electrons. The Labute approximate surface area is 139 Å². The largest absolute Gasteiger partial charge is 0.245 e. The van der Waals surface area contributed by atoms with Crippen molar-refractivity contribution in [3.8, 4) is 10.6 Å². The maximum atomic E-state index is 12.4. The molecular weight excluding hydrogens is 328 g/mol. The fourth-order valence-electron chi connectivity index (χ4n) is 2.21. The number of aromatic nitrogens is 1. The smallest absolute Gasteiger partial charge is 0.240 e. The molecule has 6 heteroatoms. The molecule has 0 bridgehead atoms. The van der Waals surface area contributed by atoms with Crippen LogP contribution in [0, 0.1) is 6.92 Å². The minimum Gasteiger partial charge on any atom is -0.245 e. The molecule has 1 aromatic heterocycles. The van der Waals surface area contributed by atoms with Gasteiger partial charge in [0.2, 0.25) is 10.0 Å². The Morgan fingerprint density at radius 2 is 1.83 bits per heavy atom. The van der Waals surface area contributed by atoms with Crippen molar-refractivity contribution in [2.75, 3.05) is 0 Å². The average Bonchev–Trinajstić information content (AvgIpc) is 3.08. The Hall–Kier alpha value is -2.02. The average molecular weight is 344 g/mol. The van der Waals surface area contributed by atoms with E-state index in [2.05, 4.69) is 9.71 Å². The SMILES string of the molecule is Cc1ccc(S(=O)(=O)NCc2ccccc2-c2nccs2)cc1. The zero-order valence-electron chi connectivity index (χ0n) is 12.6. The molecule has 0 saturated heterocycles. The van der Waals surface area contributed by atoms with Gasteiger partial charge in [0.1, 0.15) is 5.01 Å². The van der Waals surface area contributed by atoms with Crippen LogP contribution in [0.15, 0.2) is 65.0 Å². The normalized spacial score (nSPS) is 11.5. The van der Waals surface area contributed by atoms with Crippen molar-refractivity contribution in [2.24, 2.45) is 0 Å². The van der Waals surface area contributed by atoms with Crippen LogP contribution >= 0.6 is 11.3 Å². The van der Waals surface area contributed by atoms with E-state index in [1.54, 1.807) is 30.5 Å². The number of hydrogen-bond donors (Lipinski definition) is 1. The zero-order chi connectivity index (χ0) is 16.3. The molecule has 23 heavy (non-hydrogen) atoms. The van der Waals surface area contributed by atoms with E-state index < -0.39 is 10.0 Å². The maximum absolute atomic E-state index is 12.4. The second kappa shape index (κ2) is 6.62. The quantitative estimate of drug-likeness (QED) is 0.769. The lowest BCUT2D eigenvalue weighted by Gasteiger charge is -2.10. The van der Waals surface area contributed by atoms with Gasteiger partial charge in [0, 0.05) is 23.7 Å². The molecule has 0 aliphatic rings. The molecule has 1 heterocycles. The van der Waals surface area contributed by atoms with Crippen LogP contribution in [0.2, 0.25) is 0 Å². The summed E-state index contributed by atoms with van der Waals surface area (Å²) in [7, 11) is -3.53. The third-order valence-corrected chi connectivity index (χ3v) is 5.69. The van der Waals surface area contributed by atoms with Gasteiger partial charge in [-0.25, -0.2) is 18.1 Å². The minimum absolute atomic E-state index is 0.228. The Morgan fingerprint density at radius 1 is 1.09 bits per heavy atom. The van der Waals surface area contributed by atoms with Crippen LogP contribution in [0.5, 0.6) is 0 Å². The summed E-state index contributed by atoms with van der Waals surface area (Å²) in [5.74, 6) is 0. The van der Waals surface area contributed by atoms with Crippen molar-refractivity contribution < 1.29 is 8.42 Å². The monoisotopic (exact) mass is 344 g/mol. The molecule has 4 nitrogen and oxygen atoms in total. The van der Waals surface area contributed by atoms with E-state index in [1.807, 2.05) is 36.6 Å². The lowest BCUT2D eigenvalue weighted by atomic mass is 10.1. The summed E-state index contributed by atoms with van der Waals surface area (Å²) >= 11 is 1.53. The first-order chi connectivity index (χ1) is 11.1. The highest BCUT2D eigenvalue weighted by atomic mass is 32.2. The van der Waals surface area contributed by atoms with Gasteiger partial charge in [0.15, 0.2) is 0 Å². The second-order valence-electron chi connectivity index (χ2n) is 5.13. The second-order valence-corrected chi connectivity index (χ2v) is 7.79. The highest BCUT2D eigenvalue weighted by molar-refractivity contribution is 7.89. The van der Waals surface area contributed by atoms with Gasteiger partial charge in [0.25, 0.3) is 0 Å². The van der Waals surface area contributed by atoms with E-state index in [0.717, 1.165) is 21.7 Å². The van der Waals surface area contributed by atoms with Gasteiger partial charge in [-0.2, -0.15) is 0 Å². The Bertz CT molecular complexity index is 887. The van der Waals surface area contributed by atoms with E-state index in [4.69, 9.17) is 0 Å². The van der Waals surface area contributed by atoms with Crippen LogP contribution in [0.3, 0.4) is 0 Å². The van der Waals surface area contributed by atoms with Crippen molar-refractivity contribution in [1.82, 2.24) is 9.71 Å². The molecule has 1 N–H and O–H groups in total. The van der Waals surface area contributed by atoms with Gasteiger partial charge in [-0.3, -0.25) is 0 Å². The molecule has 0 saturated carbocycles. The Balaban J connectivity index is 1.82.